The molecule has 1 amide bonds. The molecule has 120 valence electrons. The number of aryl methyl sites for hydroxylation is 1. The largest absolute Gasteiger partial charge is 0.481 e. The number of methoxy groups -OCH3 is 1. The maximum Gasteiger partial charge on any atom is 0.305 e. The molecular formula is C16H20BrNO4. The predicted molar refractivity (Wildman–Crippen MR) is 85.8 cm³/mol. The van der Waals surface area contributed by atoms with Crippen molar-refractivity contribution in [2.45, 2.75) is 38.3 Å². The second kappa shape index (κ2) is 7.24. The van der Waals surface area contributed by atoms with Gasteiger partial charge in [-0.15, -0.1) is 0 Å². The number of benzene rings is 1. The van der Waals surface area contributed by atoms with Gasteiger partial charge in [-0.05, 0) is 36.6 Å². The van der Waals surface area contributed by atoms with Crippen molar-refractivity contribution in [3.05, 3.63) is 33.8 Å². The highest BCUT2D eigenvalue weighted by atomic mass is 79.9. The predicted octanol–water partition coefficient (Wildman–Crippen LogP) is 2.39. The van der Waals surface area contributed by atoms with Gasteiger partial charge in [-0.25, -0.2) is 0 Å². The summed E-state index contributed by atoms with van der Waals surface area (Å²) in [5.74, 6) is -0.935. The summed E-state index contributed by atoms with van der Waals surface area (Å²) in [6, 6.07) is 5.52. The number of carbonyl (C=O) groups excluding carboxylic acids is 1. The lowest BCUT2D eigenvalue weighted by atomic mass is 10.0. The van der Waals surface area contributed by atoms with Gasteiger partial charge in [0.05, 0.1) is 18.9 Å². The first-order valence-electron chi connectivity index (χ1n) is 7.19. The van der Waals surface area contributed by atoms with E-state index in [9.17, 15) is 9.59 Å². The van der Waals surface area contributed by atoms with Gasteiger partial charge in [0.25, 0.3) is 0 Å². The molecule has 0 spiro atoms. The van der Waals surface area contributed by atoms with Gasteiger partial charge in [0.2, 0.25) is 5.91 Å². The Hall–Kier alpha value is -1.40. The summed E-state index contributed by atoms with van der Waals surface area (Å²) in [4.78, 5) is 25.2. The lowest BCUT2D eigenvalue weighted by Gasteiger charge is -2.23. The van der Waals surface area contributed by atoms with Crippen LogP contribution in [-0.2, 0) is 20.7 Å². The molecule has 1 aliphatic heterocycles. The topological polar surface area (TPSA) is 66.8 Å². The fraction of sp³-hybridized carbons (Fsp3) is 0.500. The summed E-state index contributed by atoms with van der Waals surface area (Å²) in [5, 5.41) is 9.01. The first kappa shape index (κ1) is 17.0. The highest BCUT2D eigenvalue weighted by molar-refractivity contribution is 9.10. The molecule has 0 aliphatic carbocycles. The van der Waals surface area contributed by atoms with E-state index in [1.807, 2.05) is 25.1 Å². The number of ether oxygens (including phenoxy) is 1. The van der Waals surface area contributed by atoms with Gasteiger partial charge in [-0.3, -0.25) is 9.59 Å². The molecular weight excluding hydrogens is 350 g/mol. The number of rotatable bonds is 5. The molecule has 5 nitrogen and oxygen atoms in total. The summed E-state index contributed by atoms with van der Waals surface area (Å²) in [6.07, 6.45) is 0.740. The zero-order chi connectivity index (χ0) is 16.3. The van der Waals surface area contributed by atoms with Crippen molar-refractivity contribution in [3.63, 3.8) is 0 Å². The number of hydrogen-bond donors (Lipinski definition) is 1. The van der Waals surface area contributed by atoms with E-state index in [1.54, 1.807) is 12.0 Å². The average Bonchev–Trinajstić information content (AvgIpc) is 2.84. The number of carboxylic acids is 1. The number of halogens is 1. The monoisotopic (exact) mass is 369 g/mol. The fourth-order valence-electron chi connectivity index (χ4n) is 2.87. The highest BCUT2D eigenvalue weighted by Gasteiger charge is 2.36. The summed E-state index contributed by atoms with van der Waals surface area (Å²) in [7, 11) is 1.59. The average molecular weight is 370 g/mol. The van der Waals surface area contributed by atoms with Crippen LogP contribution in [0.5, 0.6) is 0 Å². The van der Waals surface area contributed by atoms with Gasteiger partial charge >= 0.3 is 5.97 Å². The highest BCUT2D eigenvalue weighted by Crippen LogP contribution is 2.24. The van der Waals surface area contributed by atoms with Crippen molar-refractivity contribution in [3.8, 4) is 0 Å². The third-order valence-electron chi connectivity index (χ3n) is 4.09. The SMILES string of the molecule is COC1CC(CC(=O)O)N(C(=O)Cc2ccc(Br)cc2C)C1. The van der Waals surface area contributed by atoms with Crippen LogP contribution in [-0.4, -0.2) is 47.7 Å². The van der Waals surface area contributed by atoms with Crippen molar-refractivity contribution < 1.29 is 19.4 Å². The van der Waals surface area contributed by atoms with Crippen LogP contribution in [0.25, 0.3) is 0 Å². The number of hydrogen-bond acceptors (Lipinski definition) is 3. The molecule has 6 heteroatoms. The van der Waals surface area contributed by atoms with Crippen LogP contribution in [0.3, 0.4) is 0 Å². The Bertz CT molecular complexity index is 575. The number of carbonyl (C=O) groups is 2. The molecule has 2 atom stereocenters. The lowest BCUT2D eigenvalue weighted by Crippen LogP contribution is -2.38. The van der Waals surface area contributed by atoms with Gasteiger partial charge in [-0.2, -0.15) is 0 Å². The number of aliphatic carboxylic acids is 1. The Morgan fingerprint density at radius 1 is 1.45 bits per heavy atom. The Kier molecular flexibility index (Phi) is 5.58. The van der Waals surface area contributed by atoms with E-state index >= 15 is 0 Å². The Morgan fingerprint density at radius 3 is 2.77 bits per heavy atom. The van der Waals surface area contributed by atoms with Crippen molar-refractivity contribution in [1.29, 1.82) is 0 Å². The van der Waals surface area contributed by atoms with Crippen LogP contribution in [0.15, 0.2) is 22.7 Å². The Balaban J connectivity index is 2.10. The molecule has 22 heavy (non-hydrogen) atoms. The molecule has 0 radical (unpaired) electrons. The molecule has 1 heterocycles. The lowest BCUT2D eigenvalue weighted by molar-refractivity contribution is -0.139. The van der Waals surface area contributed by atoms with Gasteiger partial charge < -0.3 is 14.7 Å². The zero-order valence-electron chi connectivity index (χ0n) is 12.7. The van der Waals surface area contributed by atoms with Crippen LogP contribution >= 0.6 is 15.9 Å². The molecule has 1 fully saturated rings. The van der Waals surface area contributed by atoms with E-state index < -0.39 is 5.97 Å². The van der Waals surface area contributed by atoms with E-state index in [4.69, 9.17) is 9.84 Å². The number of amides is 1. The molecule has 1 N–H and O–H groups in total. The second-order valence-electron chi connectivity index (χ2n) is 5.64. The third-order valence-corrected chi connectivity index (χ3v) is 4.58. The first-order valence-corrected chi connectivity index (χ1v) is 7.99. The molecule has 2 rings (SSSR count). The van der Waals surface area contributed by atoms with Crippen LogP contribution in [0, 0.1) is 6.92 Å². The van der Waals surface area contributed by atoms with E-state index in [1.165, 1.54) is 0 Å². The number of nitrogens with zero attached hydrogens (tertiary/aromatic N) is 1. The quantitative estimate of drug-likeness (QED) is 0.865. The maximum absolute atomic E-state index is 12.6. The number of carboxylic acid groups (broad SMARTS) is 1. The maximum atomic E-state index is 12.6. The van der Waals surface area contributed by atoms with Crippen LogP contribution in [0.1, 0.15) is 24.0 Å². The fourth-order valence-corrected chi connectivity index (χ4v) is 3.34. The summed E-state index contributed by atoms with van der Waals surface area (Å²) in [6.45, 7) is 2.42. The summed E-state index contributed by atoms with van der Waals surface area (Å²) < 4.78 is 6.28. The normalized spacial score (nSPS) is 21.1. The van der Waals surface area contributed by atoms with Gasteiger partial charge in [-0.1, -0.05) is 22.0 Å². The van der Waals surface area contributed by atoms with Crippen molar-refractivity contribution in [1.82, 2.24) is 4.90 Å². The molecule has 0 aromatic heterocycles. The van der Waals surface area contributed by atoms with Gasteiger partial charge in [0, 0.05) is 24.2 Å². The van der Waals surface area contributed by atoms with E-state index in [2.05, 4.69) is 15.9 Å². The molecule has 2 unspecified atom stereocenters. The molecule has 0 saturated carbocycles. The van der Waals surface area contributed by atoms with Crippen molar-refractivity contribution >= 4 is 27.8 Å². The van der Waals surface area contributed by atoms with Crippen molar-refractivity contribution in [2.75, 3.05) is 13.7 Å². The van der Waals surface area contributed by atoms with E-state index in [0.29, 0.717) is 13.0 Å². The minimum absolute atomic E-state index is 0.0368. The first-order chi connectivity index (χ1) is 10.4. The van der Waals surface area contributed by atoms with Gasteiger partial charge in [0.1, 0.15) is 0 Å². The van der Waals surface area contributed by atoms with Crippen LogP contribution in [0.4, 0.5) is 0 Å². The van der Waals surface area contributed by atoms with Gasteiger partial charge in [0.15, 0.2) is 0 Å². The van der Waals surface area contributed by atoms with Crippen LogP contribution < -0.4 is 0 Å². The molecule has 1 aromatic rings. The Morgan fingerprint density at radius 2 is 2.18 bits per heavy atom. The smallest absolute Gasteiger partial charge is 0.305 e. The second-order valence-corrected chi connectivity index (χ2v) is 6.55. The summed E-state index contributed by atoms with van der Waals surface area (Å²) >= 11 is 3.41. The summed E-state index contributed by atoms with van der Waals surface area (Å²) in [5.41, 5.74) is 2.00. The zero-order valence-corrected chi connectivity index (χ0v) is 14.3. The molecule has 0 bridgehead atoms. The standard InChI is InChI=1S/C16H20BrNO4/c1-10-5-12(17)4-3-11(10)6-15(19)18-9-14(22-2)7-13(18)8-16(20)21/h3-5,13-14H,6-9H2,1-2H3,(H,20,21). The van der Waals surface area contributed by atoms with E-state index in [-0.39, 0.29) is 30.9 Å². The Labute approximate surface area is 138 Å². The van der Waals surface area contributed by atoms with E-state index in [0.717, 1.165) is 15.6 Å². The number of likely N-dealkylation sites (tertiary alicyclic amines) is 1. The molecule has 1 saturated heterocycles. The minimum atomic E-state index is -0.889. The third kappa shape index (κ3) is 4.08. The van der Waals surface area contributed by atoms with Crippen molar-refractivity contribution in [2.24, 2.45) is 0 Å². The molecule has 1 aromatic carbocycles. The molecule has 1 aliphatic rings. The minimum Gasteiger partial charge on any atom is -0.481 e. The van der Waals surface area contributed by atoms with Crippen LogP contribution in [0.2, 0.25) is 0 Å².